The normalized spacial score (nSPS) is 19.6. The summed E-state index contributed by atoms with van der Waals surface area (Å²) < 4.78 is 5.71. The van der Waals surface area contributed by atoms with E-state index in [4.69, 9.17) is 10.5 Å². The summed E-state index contributed by atoms with van der Waals surface area (Å²) in [6.45, 7) is 4.36. The smallest absolute Gasteiger partial charge is 0.231 e. The van der Waals surface area contributed by atoms with Gasteiger partial charge in [-0.25, -0.2) is 0 Å². The van der Waals surface area contributed by atoms with Crippen LogP contribution in [0.2, 0.25) is 0 Å². The molecule has 126 valence electrons. The number of ether oxygens (including phenoxy) is 1. The number of likely N-dealkylation sites (N-methyl/N-ethyl adjacent to an activating group) is 1. The maximum atomic E-state index is 12.7. The Morgan fingerprint density at radius 1 is 1.39 bits per heavy atom. The summed E-state index contributed by atoms with van der Waals surface area (Å²) in [7, 11) is 1.82. The van der Waals surface area contributed by atoms with Gasteiger partial charge in [-0.05, 0) is 19.5 Å². The Balaban J connectivity index is 1.92. The van der Waals surface area contributed by atoms with E-state index in [9.17, 15) is 9.59 Å². The van der Waals surface area contributed by atoms with Crippen LogP contribution in [0, 0.1) is 0 Å². The lowest BCUT2D eigenvalue weighted by atomic mass is 9.99. The number of carbonyl (C=O) groups excluding carboxylic acids is 2. The van der Waals surface area contributed by atoms with E-state index in [2.05, 4.69) is 0 Å². The van der Waals surface area contributed by atoms with Crippen molar-refractivity contribution in [3.63, 3.8) is 0 Å². The Hall–Kier alpha value is -1.92. The Kier molecular flexibility index (Phi) is 6.12. The maximum absolute atomic E-state index is 12.7. The topological polar surface area (TPSA) is 75.9 Å². The van der Waals surface area contributed by atoms with Crippen molar-refractivity contribution in [3.05, 3.63) is 35.9 Å². The molecular weight excluding hydrogens is 294 g/mol. The minimum atomic E-state index is -0.367. The van der Waals surface area contributed by atoms with Crippen molar-refractivity contribution < 1.29 is 14.3 Å². The molecule has 2 rings (SSSR count). The van der Waals surface area contributed by atoms with E-state index in [1.807, 2.05) is 54.1 Å². The van der Waals surface area contributed by atoms with Crippen LogP contribution in [0.1, 0.15) is 18.4 Å². The molecule has 0 bridgehead atoms. The van der Waals surface area contributed by atoms with Gasteiger partial charge < -0.3 is 15.4 Å². The molecule has 1 aromatic rings. The predicted octanol–water partition coefficient (Wildman–Crippen LogP) is 0.435. The van der Waals surface area contributed by atoms with E-state index >= 15 is 0 Å². The molecule has 6 heteroatoms. The molecule has 1 heterocycles. The van der Waals surface area contributed by atoms with Gasteiger partial charge in [0.1, 0.15) is 0 Å². The lowest BCUT2D eigenvalue weighted by Crippen LogP contribution is -2.50. The molecule has 1 aromatic carbocycles. The van der Waals surface area contributed by atoms with Crippen LogP contribution >= 0.6 is 0 Å². The second-order valence-electron chi connectivity index (χ2n) is 6.07. The highest BCUT2D eigenvalue weighted by atomic mass is 16.5. The second kappa shape index (κ2) is 8.08. The first kappa shape index (κ1) is 17.4. The molecule has 6 nitrogen and oxygen atoms in total. The van der Waals surface area contributed by atoms with Gasteiger partial charge in [0.15, 0.2) is 0 Å². The van der Waals surface area contributed by atoms with Gasteiger partial charge in [0.2, 0.25) is 11.8 Å². The average molecular weight is 319 g/mol. The first-order valence-corrected chi connectivity index (χ1v) is 7.89. The number of nitrogens with zero attached hydrogens (tertiary/aromatic N) is 2. The van der Waals surface area contributed by atoms with Crippen molar-refractivity contribution in [2.24, 2.45) is 5.73 Å². The molecule has 2 amide bonds. The van der Waals surface area contributed by atoms with E-state index in [-0.39, 0.29) is 30.4 Å². The van der Waals surface area contributed by atoms with Gasteiger partial charge in [0, 0.05) is 19.6 Å². The zero-order chi connectivity index (χ0) is 16.8. The van der Waals surface area contributed by atoms with Crippen LogP contribution in [0.25, 0.3) is 0 Å². The van der Waals surface area contributed by atoms with Crippen LogP contribution in [0.15, 0.2) is 30.3 Å². The number of primary amides is 1. The summed E-state index contributed by atoms with van der Waals surface area (Å²) in [4.78, 5) is 27.3. The third-order valence-electron chi connectivity index (χ3n) is 4.06. The fraction of sp³-hybridized carbons (Fsp3) is 0.529. The Labute approximate surface area is 137 Å². The van der Waals surface area contributed by atoms with Gasteiger partial charge in [-0.2, -0.15) is 0 Å². The summed E-state index contributed by atoms with van der Waals surface area (Å²) in [5, 5.41) is 0. The van der Waals surface area contributed by atoms with Crippen molar-refractivity contribution in [2.45, 2.75) is 18.9 Å². The molecule has 2 atom stereocenters. The van der Waals surface area contributed by atoms with Crippen molar-refractivity contribution >= 4 is 11.8 Å². The molecule has 23 heavy (non-hydrogen) atoms. The van der Waals surface area contributed by atoms with Crippen LogP contribution in [-0.4, -0.2) is 67.6 Å². The van der Waals surface area contributed by atoms with Gasteiger partial charge in [0.05, 0.1) is 25.2 Å². The summed E-state index contributed by atoms with van der Waals surface area (Å²) in [5.74, 6) is -0.422. The third kappa shape index (κ3) is 5.04. The minimum absolute atomic E-state index is 0.0972. The van der Waals surface area contributed by atoms with Gasteiger partial charge in [0.25, 0.3) is 0 Å². The number of nitrogens with two attached hydrogens (primary N) is 1. The number of morpholine rings is 1. The van der Waals surface area contributed by atoms with Crippen LogP contribution in [0.5, 0.6) is 0 Å². The van der Waals surface area contributed by atoms with Gasteiger partial charge >= 0.3 is 0 Å². The van der Waals surface area contributed by atoms with Crippen LogP contribution in [0.3, 0.4) is 0 Å². The molecule has 2 N–H and O–H groups in total. The van der Waals surface area contributed by atoms with E-state index in [1.165, 1.54) is 0 Å². The van der Waals surface area contributed by atoms with E-state index in [1.54, 1.807) is 0 Å². The molecule has 0 spiro atoms. The summed E-state index contributed by atoms with van der Waals surface area (Å²) >= 11 is 0. The lowest BCUT2D eigenvalue weighted by molar-refractivity contribution is -0.141. The zero-order valence-corrected chi connectivity index (χ0v) is 13.8. The molecule has 1 saturated heterocycles. The molecule has 0 aliphatic carbocycles. The molecule has 1 fully saturated rings. The fourth-order valence-corrected chi connectivity index (χ4v) is 2.87. The standard InChI is InChI=1S/C17H25N3O3/c1-13(14-6-4-3-5-7-14)17(22)20-8-9-23-15(11-20)10-19(2)12-16(18)21/h3-7,13,15H,8-12H2,1-2H3,(H2,18,21)/t13-,15-/m1/s1. The first-order chi connectivity index (χ1) is 11.0. The quantitative estimate of drug-likeness (QED) is 0.825. The monoisotopic (exact) mass is 319 g/mol. The fourth-order valence-electron chi connectivity index (χ4n) is 2.87. The molecule has 0 aromatic heterocycles. The largest absolute Gasteiger partial charge is 0.373 e. The summed E-state index contributed by atoms with van der Waals surface area (Å²) in [5.41, 5.74) is 6.21. The molecular formula is C17H25N3O3. The van der Waals surface area contributed by atoms with E-state index in [0.29, 0.717) is 26.2 Å². The SMILES string of the molecule is C[C@@H](C(=O)N1CCO[C@H](CN(C)CC(N)=O)C1)c1ccccc1. The molecule has 0 unspecified atom stereocenters. The first-order valence-electron chi connectivity index (χ1n) is 7.89. The van der Waals surface area contributed by atoms with Crippen LogP contribution < -0.4 is 5.73 Å². The van der Waals surface area contributed by atoms with Crippen LogP contribution in [0.4, 0.5) is 0 Å². The summed E-state index contributed by atoms with van der Waals surface area (Å²) in [6, 6.07) is 9.78. The average Bonchev–Trinajstić information content (AvgIpc) is 2.53. The Morgan fingerprint density at radius 3 is 2.74 bits per heavy atom. The second-order valence-corrected chi connectivity index (χ2v) is 6.07. The number of benzene rings is 1. The number of rotatable bonds is 6. The summed E-state index contributed by atoms with van der Waals surface area (Å²) in [6.07, 6.45) is -0.0972. The van der Waals surface area contributed by atoms with E-state index < -0.39 is 0 Å². The number of carbonyl (C=O) groups is 2. The number of hydrogen-bond acceptors (Lipinski definition) is 4. The zero-order valence-electron chi connectivity index (χ0n) is 13.8. The lowest BCUT2D eigenvalue weighted by Gasteiger charge is -2.36. The Bertz CT molecular complexity index is 535. The molecule has 0 radical (unpaired) electrons. The van der Waals surface area contributed by atoms with Crippen molar-refractivity contribution in [1.82, 2.24) is 9.80 Å². The highest BCUT2D eigenvalue weighted by Crippen LogP contribution is 2.19. The highest BCUT2D eigenvalue weighted by molar-refractivity contribution is 5.83. The van der Waals surface area contributed by atoms with Crippen molar-refractivity contribution in [1.29, 1.82) is 0 Å². The minimum Gasteiger partial charge on any atom is -0.373 e. The maximum Gasteiger partial charge on any atom is 0.231 e. The van der Waals surface area contributed by atoms with Crippen molar-refractivity contribution in [2.75, 3.05) is 39.8 Å². The number of hydrogen-bond donors (Lipinski definition) is 1. The van der Waals surface area contributed by atoms with Gasteiger partial charge in [-0.3, -0.25) is 14.5 Å². The predicted molar refractivity (Wildman–Crippen MR) is 87.9 cm³/mol. The molecule has 1 aliphatic heterocycles. The molecule has 1 aliphatic rings. The third-order valence-corrected chi connectivity index (χ3v) is 4.06. The number of amides is 2. The Morgan fingerprint density at radius 2 is 2.09 bits per heavy atom. The van der Waals surface area contributed by atoms with Gasteiger partial charge in [-0.1, -0.05) is 30.3 Å². The van der Waals surface area contributed by atoms with Crippen molar-refractivity contribution in [3.8, 4) is 0 Å². The highest BCUT2D eigenvalue weighted by Gasteiger charge is 2.28. The van der Waals surface area contributed by atoms with E-state index in [0.717, 1.165) is 5.56 Å². The van der Waals surface area contributed by atoms with Gasteiger partial charge in [-0.15, -0.1) is 0 Å². The molecule has 0 saturated carbocycles. The van der Waals surface area contributed by atoms with Crippen LogP contribution in [-0.2, 0) is 14.3 Å².